The van der Waals surface area contributed by atoms with Crippen LogP contribution in [0.4, 0.5) is 10.2 Å². The van der Waals surface area contributed by atoms with Crippen LogP contribution in [0.25, 0.3) is 0 Å². The molecule has 27 heavy (non-hydrogen) atoms. The number of anilines is 1. The van der Waals surface area contributed by atoms with E-state index in [9.17, 15) is 17.6 Å². The van der Waals surface area contributed by atoms with Crippen LogP contribution < -0.4 is 5.32 Å². The molecule has 144 valence electrons. The van der Waals surface area contributed by atoms with Gasteiger partial charge in [0.2, 0.25) is 15.9 Å². The summed E-state index contributed by atoms with van der Waals surface area (Å²) >= 11 is 5.75. The third kappa shape index (κ3) is 4.81. The van der Waals surface area contributed by atoms with Gasteiger partial charge in [0.1, 0.15) is 16.5 Å². The number of hydrogen-bond donors (Lipinski definition) is 1. The van der Waals surface area contributed by atoms with Gasteiger partial charge in [-0.3, -0.25) is 9.69 Å². The average Bonchev–Trinajstić information content (AvgIpc) is 2.64. The van der Waals surface area contributed by atoms with E-state index >= 15 is 0 Å². The first-order valence-electron chi connectivity index (χ1n) is 8.25. The highest BCUT2D eigenvalue weighted by Crippen LogP contribution is 2.20. The number of pyridine rings is 1. The largest absolute Gasteiger partial charge is 0.310 e. The topological polar surface area (TPSA) is 82.6 Å². The second kappa shape index (κ2) is 8.30. The molecule has 1 saturated heterocycles. The SMILES string of the molecule is O=C(CN1CCN(S(=O)(=O)c2ccccc2F)CC1)Nc1ccc(Cl)cn1. The maximum Gasteiger partial charge on any atom is 0.246 e. The quantitative estimate of drug-likeness (QED) is 0.810. The van der Waals surface area contributed by atoms with Crippen molar-refractivity contribution >= 4 is 33.3 Å². The van der Waals surface area contributed by atoms with Crippen molar-refractivity contribution in [1.82, 2.24) is 14.2 Å². The fourth-order valence-electron chi connectivity index (χ4n) is 2.76. The molecular weight excluding hydrogens is 395 g/mol. The molecule has 10 heteroatoms. The maximum atomic E-state index is 13.8. The molecule has 7 nitrogen and oxygen atoms in total. The zero-order valence-corrected chi connectivity index (χ0v) is 15.9. The van der Waals surface area contributed by atoms with Crippen LogP contribution in [0.15, 0.2) is 47.5 Å². The fraction of sp³-hybridized carbons (Fsp3) is 0.294. The van der Waals surface area contributed by atoms with Crippen molar-refractivity contribution in [3.63, 3.8) is 0 Å². The normalized spacial score (nSPS) is 16.2. The second-order valence-corrected chi connectivity index (χ2v) is 8.36. The number of sulfonamides is 1. The Kier molecular flexibility index (Phi) is 6.05. The number of hydrogen-bond acceptors (Lipinski definition) is 5. The van der Waals surface area contributed by atoms with Crippen LogP contribution in [0.1, 0.15) is 0 Å². The Morgan fingerprint density at radius 1 is 1.15 bits per heavy atom. The lowest BCUT2D eigenvalue weighted by molar-refractivity contribution is -0.117. The van der Waals surface area contributed by atoms with Crippen molar-refractivity contribution in [2.24, 2.45) is 0 Å². The molecule has 1 aromatic carbocycles. The predicted molar refractivity (Wildman–Crippen MR) is 99.5 cm³/mol. The van der Waals surface area contributed by atoms with E-state index in [-0.39, 0.29) is 30.4 Å². The number of carbonyl (C=O) groups is 1. The van der Waals surface area contributed by atoms with E-state index in [2.05, 4.69) is 10.3 Å². The van der Waals surface area contributed by atoms with Gasteiger partial charge < -0.3 is 5.32 Å². The van der Waals surface area contributed by atoms with E-state index in [1.165, 1.54) is 28.7 Å². The van der Waals surface area contributed by atoms with E-state index in [1.54, 1.807) is 12.1 Å². The fourth-order valence-corrected chi connectivity index (χ4v) is 4.36. The Labute approximate surface area is 161 Å². The molecule has 0 atom stereocenters. The number of aromatic nitrogens is 1. The van der Waals surface area contributed by atoms with Crippen molar-refractivity contribution in [1.29, 1.82) is 0 Å². The minimum absolute atomic E-state index is 0.109. The minimum Gasteiger partial charge on any atom is -0.310 e. The molecule has 1 amide bonds. The lowest BCUT2D eigenvalue weighted by atomic mass is 10.3. The summed E-state index contributed by atoms with van der Waals surface area (Å²) in [4.78, 5) is 17.6. The monoisotopic (exact) mass is 412 g/mol. The molecule has 0 saturated carbocycles. The Bertz CT molecular complexity index is 916. The standard InChI is InChI=1S/C17H18ClFN4O3S/c18-13-5-6-16(20-11-13)21-17(24)12-22-7-9-23(10-8-22)27(25,26)15-4-2-1-3-14(15)19/h1-6,11H,7-10,12H2,(H,20,21,24). The van der Waals surface area contributed by atoms with Gasteiger partial charge in [0.15, 0.2) is 0 Å². The number of carbonyl (C=O) groups excluding carboxylic acids is 1. The van der Waals surface area contributed by atoms with Crippen LogP contribution in [0.2, 0.25) is 5.02 Å². The van der Waals surface area contributed by atoms with Crippen LogP contribution >= 0.6 is 11.6 Å². The number of rotatable bonds is 5. The van der Waals surface area contributed by atoms with E-state index in [0.29, 0.717) is 23.9 Å². The van der Waals surface area contributed by atoms with Gasteiger partial charge in [-0.15, -0.1) is 0 Å². The van der Waals surface area contributed by atoms with Gasteiger partial charge in [-0.1, -0.05) is 23.7 Å². The average molecular weight is 413 g/mol. The number of benzene rings is 1. The number of nitrogens with zero attached hydrogens (tertiary/aromatic N) is 3. The van der Waals surface area contributed by atoms with Crippen LogP contribution in [0, 0.1) is 5.82 Å². The van der Waals surface area contributed by atoms with E-state index < -0.39 is 15.8 Å². The summed E-state index contributed by atoms with van der Waals surface area (Å²) in [7, 11) is -3.89. The summed E-state index contributed by atoms with van der Waals surface area (Å²) in [5.74, 6) is -0.629. The van der Waals surface area contributed by atoms with Crippen LogP contribution in [-0.4, -0.2) is 61.2 Å². The zero-order valence-electron chi connectivity index (χ0n) is 14.3. The summed E-state index contributed by atoms with van der Waals surface area (Å²) < 4.78 is 40.2. The van der Waals surface area contributed by atoms with Gasteiger partial charge in [-0.2, -0.15) is 4.31 Å². The molecule has 0 bridgehead atoms. The summed E-state index contributed by atoms with van der Waals surface area (Å²) in [6.07, 6.45) is 1.43. The molecule has 0 spiro atoms. The first-order chi connectivity index (χ1) is 12.9. The van der Waals surface area contributed by atoms with Crippen LogP contribution in [0.3, 0.4) is 0 Å². The number of amides is 1. The first kappa shape index (κ1) is 19.7. The van der Waals surface area contributed by atoms with Gasteiger partial charge in [0.05, 0.1) is 11.6 Å². The molecule has 1 N–H and O–H groups in total. The third-order valence-electron chi connectivity index (χ3n) is 4.15. The molecule has 2 aromatic rings. The summed E-state index contributed by atoms with van der Waals surface area (Å²) in [5.41, 5.74) is 0. The van der Waals surface area contributed by atoms with Crippen molar-refractivity contribution in [3.05, 3.63) is 53.4 Å². The molecule has 0 aliphatic carbocycles. The highest BCUT2D eigenvalue weighted by atomic mass is 35.5. The van der Waals surface area contributed by atoms with E-state index in [1.807, 2.05) is 4.90 Å². The maximum absolute atomic E-state index is 13.8. The van der Waals surface area contributed by atoms with Crippen LogP contribution in [-0.2, 0) is 14.8 Å². The molecule has 1 aromatic heterocycles. The van der Waals surface area contributed by atoms with Gasteiger partial charge in [-0.25, -0.2) is 17.8 Å². The Morgan fingerprint density at radius 2 is 1.85 bits per heavy atom. The molecule has 0 radical (unpaired) electrons. The first-order valence-corrected chi connectivity index (χ1v) is 10.1. The van der Waals surface area contributed by atoms with Crippen molar-refractivity contribution < 1.29 is 17.6 Å². The second-order valence-electron chi connectivity index (χ2n) is 6.02. The number of halogens is 2. The number of nitrogens with one attached hydrogen (secondary N) is 1. The zero-order chi connectivity index (χ0) is 19.4. The minimum atomic E-state index is -3.89. The molecule has 0 unspecified atom stereocenters. The van der Waals surface area contributed by atoms with Gasteiger partial charge in [0.25, 0.3) is 0 Å². The van der Waals surface area contributed by atoms with Gasteiger partial charge >= 0.3 is 0 Å². The van der Waals surface area contributed by atoms with Gasteiger partial charge in [0, 0.05) is 32.4 Å². The smallest absolute Gasteiger partial charge is 0.246 e. The molecule has 2 heterocycles. The number of piperazine rings is 1. The van der Waals surface area contributed by atoms with Gasteiger partial charge in [-0.05, 0) is 24.3 Å². The molecular formula is C17H18ClFN4O3S. The summed E-state index contributed by atoms with van der Waals surface area (Å²) in [6, 6.07) is 8.53. The molecule has 1 fully saturated rings. The van der Waals surface area contributed by atoms with Crippen molar-refractivity contribution in [2.45, 2.75) is 4.90 Å². The lowest BCUT2D eigenvalue weighted by Crippen LogP contribution is -2.50. The Morgan fingerprint density at radius 3 is 2.48 bits per heavy atom. The lowest BCUT2D eigenvalue weighted by Gasteiger charge is -2.33. The molecule has 3 rings (SSSR count). The highest BCUT2D eigenvalue weighted by molar-refractivity contribution is 7.89. The summed E-state index contributed by atoms with van der Waals surface area (Å²) in [6.45, 7) is 1.22. The van der Waals surface area contributed by atoms with Crippen LogP contribution in [0.5, 0.6) is 0 Å². The Balaban J connectivity index is 1.55. The van der Waals surface area contributed by atoms with Crippen molar-refractivity contribution in [3.8, 4) is 0 Å². The third-order valence-corrected chi connectivity index (χ3v) is 6.30. The molecule has 1 aliphatic rings. The van der Waals surface area contributed by atoms with Crippen molar-refractivity contribution in [2.75, 3.05) is 38.0 Å². The molecule has 1 aliphatic heterocycles. The predicted octanol–water partition coefficient (Wildman–Crippen LogP) is 1.82. The van der Waals surface area contributed by atoms with E-state index in [4.69, 9.17) is 11.6 Å². The van der Waals surface area contributed by atoms with E-state index in [0.717, 1.165) is 6.07 Å². The summed E-state index contributed by atoms with van der Waals surface area (Å²) in [5, 5.41) is 3.13. The Hall–Kier alpha value is -2.07. The highest BCUT2D eigenvalue weighted by Gasteiger charge is 2.30.